The van der Waals surface area contributed by atoms with Crippen LogP contribution in [0.1, 0.15) is 70.7 Å². The van der Waals surface area contributed by atoms with Gasteiger partial charge in [0.05, 0.1) is 17.5 Å². The van der Waals surface area contributed by atoms with Gasteiger partial charge in [0.1, 0.15) is 34.8 Å². The van der Waals surface area contributed by atoms with Gasteiger partial charge in [0.25, 0.3) is 0 Å². The standard InChI is InChI=1S/C34H30ClF2N5O3/c1-38-18-34(11-12-34)19-42-30(39-27-7-8-28(33(43)44)40-32(27)42)17-41-13-9-20(10-14-41)22-3-2-4-24-26(37)16-29(45-31(22)24)23-6-5-21(35)15-25(23)36/h2-8,15-16,20,29H,9-14,17-19H2,(H,43,44)/t29-/m1/s1. The number of aromatic nitrogens is 3. The highest BCUT2D eigenvalue weighted by molar-refractivity contribution is 6.30. The van der Waals surface area contributed by atoms with E-state index in [1.807, 2.05) is 16.7 Å². The molecule has 2 aliphatic heterocycles. The lowest BCUT2D eigenvalue weighted by Crippen LogP contribution is -2.34. The maximum absolute atomic E-state index is 15.3. The maximum Gasteiger partial charge on any atom is 0.354 e. The molecule has 0 bridgehead atoms. The zero-order valence-corrected chi connectivity index (χ0v) is 25.1. The van der Waals surface area contributed by atoms with Crippen molar-refractivity contribution < 1.29 is 23.4 Å². The van der Waals surface area contributed by atoms with E-state index in [-0.39, 0.29) is 27.6 Å². The van der Waals surface area contributed by atoms with Crippen molar-refractivity contribution in [2.45, 2.75) is 50.8 Å². The van der Waals surface area contributed by atoms with E-state index in [9.17, 15) is 14.3 Å². The van der Waals surface area contributed by atoms with Crippen molar-refractivity contribution in [3.05, 3.63) is 105 Å². The number of imidazole rings is 1. The van der Waals surface area contributed by atoms with E-state index in [4.69, 9.17) is 27.9 Å². The third-order valence-electron chi connectivity index (χ3n) is 9.26. The Balaban J connectivity index is 1.11. The van der Waals surface area contributed by atoms with E-state index >= 15 is 4.39 Å². The van der Waals surface area contributed by atoms with Crippen LogP contribution in [0.2, 0.25) is 5.02 Å². The average Bonchev–Trinajstić information content (AvgIpc) is 3.70. The number of halogens is 3. The fraction of sp³-hybridized carbons (Fsp3) is 0.353. The fourth-order valence-electron chi connectivity index (χ4n) is 6.57. The summed E-state index contributed by atoms with van der Waals surface area (Å²) in [5, 5.41) is 9.80. The lowest BCUT2D eigenvalue weighted by molar-refractivity contribution is 0.0691. The van der Waals surface area contributed by atoms with Crippen LogP contribution in [0.4, 0.5) is 8.78 Å². The molecule has 4 heterocycles. The van der Waals surface area contributed by atoms with Gasteiger partial charge in [-0.25, -0.2) is 30.1 Å². The molecule has 1 N–H and O–H groups in total. The van der Waals surface area contributed by atoms with Gasteiger partial charge < -0.3 is 19.3 Å². The number of benzene rings is 2. The number of aromatic carboxylic acids is 1. The zero-order chi connectivity index (χ0) is 31.3. The van der Waals surface area contributed by atoms with Crippen LogP contribution in [0.5, 0.6) is 5.75 Å². The zero-order valence-electron chi connectivity index (χ0n) is 24.3. The molecule has 3 aliphatic rings. The predicted octanol–water partition coefficient (Wildman–Crippen LogP) is 7.45. The van der Waals surface area contributed by atoms with Crippen molar-refractivity contribution in [3.8, 4) is 5.75 Å². The molecule has 7 rings (SSSR count). The Bertz CT molecular complexity index is 1890. The minimum Gasteiger partial charge on any atom is -0.480 e. The number of ether oxygens (including phenoxy) is 1. The van der Waals surface area contributed by atoms with Gasteiger partial charge in [0.2, 0.25) is 6.54 Å². The number of likely N-dealkylation sites (tertiary alicyclic amines) is 1. The van der Waals surface area contributed by atoms with E-state index < -0.39 is 23.7 Å². The van der Waals surface area contributed by atoms with Gasteiger partial charge in [-0.1, -0.05) is 29.8 Å². The van der Waals surface area contributed by atoms with Gasteiger partial charge in [-0.05, 0) is 86.7 Å². The number of fused-ring (bicyclic) bond motifs is 2. The first kappa shape index (κ1) is 29.4. The molecule has 0 unspecified atom stereocenters. The number of hydrogen-bond donors (Lipinski definition) is 1. The normalized spacial score (nSPS) is 19.4. The number of carboxylic acids is 1. The molecule has 1 saturated heterocycles. The summed E-state index contributed by atoms with van der Waals surface area (Å²) in [6, 6.07) is 12.9. The Hall–Kier alpha value is -4.33. The van der Waals surface area contributed by atoms with E-state index in [0.29, 0.717) is 42.1 Å². The Morgan fingerprint density at radius 1 is 1.11 bits per heavy atom. The summed E-state index contributed by atoms with van der Waals surface area (Å²) >= 11 is 5.93. The van der Waals surface area contributed by atoms with Crippen LogP contribution in [0.3, 0.4) is 0 Å². The molecular weight excluding hydrogens is 600 g/mol. The average molecular weight is 630 g/mol. The highest BCUT2D eigenvalue weighted by Crippen LogP contribution is 2.48. The van der Waals surface area contributed by atoms with E-state index in [2.05, 4.69) is 14.7 Å². The molecular formula is C34H30ClF2N5O3. The summed E-state index contributed by atoms with van der Waals surface area (Å²) in [6.07, 6.45) is 3.89. The molecule has 0 radical (unpaired) electrons. The van der Waals surface area contributed by atoms with E-state index in [0.717, 1.165) is 50.2 Å². The number of piperidine rings is 1. The molecule has 2 fully saturated rings. The highest BCUT2D eigenvalue weighted by Gasteiger charge is 2.47. The van der Waals surface area contributed by atoms with Crippen molar-refractivity contribution in [1.29, 1.82) is 0 Å². The monoisotopic (exact) mass is 629 g/mol. The van der Waals surface area contributed by atoms with Gasteiger partial charge >= 0.3 is 5.97 Å². The number of nitrogens with zero attached hydrogens (tertiary/aromatic N) is 5. The van der Waals surface area contributed by atoms with Gasteiger partial charge in [0, 0.05) is 17.1 Å². The van der Waals surface area contributed by atoms with Gasteiger partial charge in [-0.15, -0.1) is 0 Å². The topological polar surface area (TPSA) is 84.8 Å². The summed E-state index contributed by atoms with van der Waals surface area (Å²) in [5.41, 5.74) is 2.51. The van der Waals surface area contributed by atoms with Gasteiger partial charge in [-0.2, -0.15) is 0 Å². The largest absolute Gasteiger partial charge is 0.480 e. The molecule has 2 aromatic heterocycles. The van der Waals surface area contributed by atoms with Crippen LogP contribution in [0.25, 0.3) is 21.8 Å². The second-order valence-corrected chi connectivity index (χ2v) is 12.7. The van der Waals surface area contributed by atoms with Crippen LogP contribution in [-0.4, -0.2) is 50.1 Å². The first-order valence-electron chi connectivity index (χ1n) is 15.0. The number of pyridine rings is 1. The van der Waals surface area contributed by atoms with Crippen LogP contribution < -0.4 is 4.74 Å². The van der Waals surface area contributed by atoms with Crippen molar-refractivity contribution in [2.24, 2.45) is 5.41 Å². The van der Waals surface area contributed by atoms with Crippen molar-refractivity contribution >= 4 is 34.6 Å². The van der Waals surface area contributed by atoms with Crippen LogP contribution in [-0.2, 0) is 13.1 Å². The van der Waals surface area contributed by atoms with E-state index in [1.165, 1.54) is 24.3 Å². The van der Waals surface area contributed by atoms with Gasteiger partial charge in [-0.3, -0.25) is 4.90 Å². The summed E-state index contributed by atoms with van der Waals surface area (Å²) in [5.74, 6) is -0.720. The SMILES string of the molecule is [C-]#[N+]CC1(Cn2c(CN3CCC(c4cccc5c4O[C@@H](c4ccc(Cl)cc4F)C=C5F)CC3)nc3ccc(C(=O)O)nc32)CC1. The summed E-state index contributed by atoms with van der Waals surface area (Å²) < 4.78 is 38.3. The lowest BCUT2D eigenvalue weighted by Gasteiger charge is -2.34. The fourth-order valence-corrected chi connectivity index (χ4v) is 6.73. The Kier molecular flexibility index (Phi) is 7.54. The molecule has 45 heavy (non-hydrogen) atoms. The molecule has 4 aromatic rings. The minimum atomic E-state index is -1.09. The Morgan fingerprint density at radius 3 is 2.62 bits per heavy atom. The molecule has 2 aromatic carbocycles. The number of rotatable bonds is 8. The second-order valence-electron chi connectivity index (χ2n) is 12.3. The quantitative estimate of drug-likeness (QED) is 0.204. The number of carbonyl (C=O) groups is 1. The summed E-state index contributed by atoms with van der Waals surface area (Å²) in [6.45, 7) is 10.5. The Labute approximate surface area is 263 Å². The van der Waals surface area contributed by atoms with Crippen LogP contribution in [0, 0.1) is 17.8 Å². The molecule has 1 atom stereocenters. The molecule has 0 amide bonds. The number of para-hydroxylation sites is 1. The molecule has 1 aliphatic carbocycles. The minimum absolute atomic E-state index is 0.0354. The molecule has 8 nitrogen and oxygen atoms in total. The Morgan fingerprint density at radius 2 is 1.91 bits per heavy atom. The van der Waals surface area contributed by atoms with Crippen LogP contribution >= 0.6 is 11.6 Å². The third kappa shape index (κ3) is 5.67. The smallest absolute Gasteiger partial charge is 0.354 e. The summed E-state index contributed by atoms with van der Waals surface area (Å²) in [7, 11) is 0. The molecule has 11 heteroatoms. The number of carboxylic acid groups (broad SMARTS) is 1. The first-order valence-corrected chi connectivity index (χ1v) is 15.4. The van der Waals surface area contributed by atoms with Gasteiger partial charge in [0.15, 0.2) is 11.3 Å². The predicted molar refractivity (Wildman–Crippen MR) is 165 cm³/mol. The lowest BCUT2D eigenvalue weighted by atomic mass is 9.86. The maximum atomic E-state index is 15.3. The molecule has 230 valence electrons. The van der Waals surface area contributed by atoms with E-state index in [1.54, 1.807) is 18.2 Å². The third-order valence-corrected chi connectivity index (χ3v) is 9.50. The first-order chi connectivity index (χ1) is 21.7. The van der Waals surface area contributed by atoms with Crippen molar-refractivity contribution in [2.75, 3.05) is 19.6 Å². The number of hydrogen-bond acceptors (Lipinski definition) is 5. The molecule has 1 saturated carbocycles. The highest BCUT2D eigenvalue weighted by atomic mass is 35.5. The van der Waals surface area contributed by atoms with Crippen molar-refractivity contribution in [1.82, 2.24) is 19.4 Å². The summed E-state index contributed by atoms with van der Waals surface area (Å²) in [4.78, 5) is 26.9. The second kappa shape index (κ2) is 11.5. The molecule has 0 spiro atoms. The van der Waals surface area contributed by atoms with Crippen molar-refractivity contribution in [3.63, 3.8) is 0 Å². The van der Waals surface area contributed by atoms with Crippen LogP contribution in [0.15, 0.2) is 54.6 Å².